The highest BCUT2D eigenvalue weighted by Crippen LogP contribution is 2.22. The Balaban J connectivity index is 2.55. The fourth-order valence-electron chi connectivity index (χ4n) is 2.05. The van der Waals surface area contributed by atoms with Crippen LogP contribution in [-0.4, -0.2) is 42.4 Å². The molecule has 1 heterocycles. The maximum atomic E-state index is 12.0. The van der Waals surface area contributed by atoms with E-state index in [-0.39, 0.29) is 12.3 Å². The summed E-state index contributed by atoms with van der Waals surface area (Å²) < 4.78 is 28.1. The van der Waals surface area contributed by atoms with E-state index in [4.69, 9.17) is 5.11 Å². The van der Waals surface area contributed by atoms with Crippen molar-refractivity contribution in [3.8, 4) is 0 Å². The number of nitrogens with one attached hydrogen (secondary N) is 1. The summed E-state index contributed by atoms with van der Waals surface area (Å²) >= 11 is 0. The van der Waals surface area contributed by atoms with Gasteiger partial charge < -0.3 is 5.11 Å². The minimum Gasteiger partial charge on any atom is -0.481 e. The normalized spacial score (nSPS) is 19.9. The standard InChI is InChI=1S/C11H22N2O4S/c1-11(2,3)12-18(16,17)13-6-4-9(5-7-13)8-10(14)15/h9,12H,4-8H2,1-3H3,(H,14,15). The average molecular weight is 278 g/mol. The number of nitrogens with zero attached hydrogens (tertiary/aromatic N) is 1. The van der Waals surface area contributed by atoms with Gasteiger partial charge in [-0.15, -0.1) is 0 Å². The number of carbonyl (C=O) groups is 1. The Morgan fingerprint density at radius 3 is 2.22 bits per heavy atom. The lowest BCUT2D eigenvalue weighted by atomic mass is 9.95. The number of hydrogen-bond acceptors (Lipinski definition) is 3. The Morgan fingerprint density at radius 1 is 1.33 bits per heavy atom. The first kappa shape index (κ1) is 15.4. The van der Waals surface area contributed by atoms with Crippen LogP contribution in [0.5, 0.6) is 0 Å². The molecule has 6 nitrogen and oxygen atoms in total. The summed E-state index contributed by atoms with van der Waals surface area (Å²) in [5.74, 6) is -0.729. The molecule has 7 heteroatoms. The summed E-state index contributed by atoms with van der Waals surface area (Å²) in [6.07, 6.45) is 1.34. The number of rotatable bonds is 4. The maximum Gasteiger partial charge on any atom is 0.303 e. The van der Waals surface area contributed by atoms with Crippen LogP contribution in [0.15, 0.2) is 0 Å². The zero-order valence-corrected chi connectivity index (χ0v) is 12.0. The van der Waals surface area contributed by atoms with Crippen LogP contribution < -0.4 is 4.72 Å². The molecule has 106 valence electrons. The van der Waals surface area contributed by atoms with Crippen molar-refractivity contribution in [3.05, 3.63) is 0 Å². The highest BCUT2D eigenvalue weighted by Gasteiger charge is 2.31. The van der Waals surface area contributed by atoms with Gasteiger partial charge in [-0.25, -0.2) is 0 Å². The largest absolute Gasteiger partial charge is 0.481 e. The summed E-state index contributed by atoms with van der Waals surface area (Å²) in [6, 6.07) is 0. The summed E-state index contributed by atoms with van der Waals surface area (Å²) in [4.78, 5) is 10.6. The third kappa shape index (κ3) is 4.91. The second-order valence-corrected chi connectivity index (χ2v) is 7.47. The summed E-state index contributed by atoms with van der Waals surface area (Å²) in [5, 5.41) is 8.70. The van der Waals surface area contributed by atoms with Gasteiger partial charge in [0.25, 0.3) is 10.2 Å². The third-order valence-electron chi connectivity index (χ3n) is 2.81. The third-order valence-corrected chi connectivity index (χ3v) is 4.73. The minimum atomic E-state index is -3.46. The van der Waals surface area contributed by atoms with Crippen molar-refractivity contribution in [2.45, 2.75) is 45.6 Å². The van der Waals surface area contributed by atoms with Gasteiger partial charge in [0, 0.05) is 25.0 Å². The molecular formula is C11H22N2O4S. The average Bonchev–Trinajstić information content (AvgIpc) is 2.13. The Labute approximate surface area is 109 Å². The molecule has 0 aromatic heterocycles. The number of hydrogen-bond donors (Lipinski definition) is 2. The predicted octanol–water partition coefficient (Wildman–Crippen LogP) is 0.806. The quantitative estimate of drug-likeness (QED) is 0.796. The molecule has 1 rings (SSSR count). The maximum absolute atomic E-state index is 12.0. The molecule has 0 spiro atoms. The molecule has 0 aromatic carbocycles. The Hall–Kier alpha value is -0.660. The molecule has 18 heavy (non-hydrogen) atoms. The summed E-state index contributed by atoms with van der Waals surface area (Å²) in [5.41, 5.74) is -0.503. The van der Waals surface area contributed by atoms with Crippen LogP contribution in [0.1, 0.15) is 40.0 Å². The van der Waals surface area contributed by atoms with Crippen molar-refractivity contribution in [2.75, 3.05) is 13.1 Å². The highest BCUT2D eigenvalue weighted by atomic mass is 32.2. The number of carboxylic acid groups (broad SMARTS) is 1. The lowest BCUT2D eigenvalue weighted by molar-refractivity contribution is -0.138. The molecule has 0 bridgehead atoms. The molecule has 0 atom stereocenters. The monoisotopic (exact) mass is 278 g/mol. The van der Waals surface area contributed by atoms with Crippen LogP contribution in [0.2, 0.25) is 0 Å². The molecule has 1 saturated heterocycles. The number of piperidine rings is 1. The van der Waals surface area contributed by atoms with Crippen LogP contribution in [0.25, 0.3) is 0 Å². The topological polar surface area (TPSA) is 86.7 Å². The lowest BCUT2D eigenvalue weighted by Gasteiger charge is -2.33. The van der Waals surface area contributed by atoms with E-state index in [0.717, 1.165) is 0 Å². The van der Waals surface area contributed by atoms with Crippen LogP contribution in [-0.2, 0) is 15.0 Å². The van der Waals surface area contributed by atoms with Crippen LogP contribution in [0.3, 0.4) is 0 Å². The highest BCUT2D eigenvalue weighted by molar-refractivity contribution is 7.87. The van der Waals surface area contributed by atoms with E-state index >= 15 is 0 Å². The molecule has 0 unspecified atom stereocenters. The fraction of sp³-hybridized carbons (Fsp3) is 0.909. The second kappa shape index (κ2) is 5.54. The summed E-state index contributed by atoms with van der Waals surface area (Å²) in [7, 11) is -3.46. The van der Waals surface area contributed by atoms with Gasteiger partial charge in [-0.05, 0) is 39.5 Å². The molecule has 2 N–H and O–H groups in total. The molecule has 0 radical (unpaired) electrons. The zero-order chi connectivity index (χ0) is 14.0. The van der Waals surface area contributed by atoms with E-state index in [9.17, 15) is 13.2 Å². The lowest BCUT2D eigenvalue weighted by Crippen LogP contribution is -2.51. The molecule has 1 fully saturated rings. The summed E-state index contributed by atoms with van der Waals surface area (Å²) in [6.45, 7) is 6.16. The molecule has 0 amide bonds. The van der Waals surface area contributed by atoms with Crippen molar-refractivity contribution in [1.29, 1.82) is 0 Å². The van der Waals surface area contributed by atoms with E-state index in [0.29, 0.717) is 25.9 Å². The minimum absolute atomic E-state index is 0.0867. The van der Waals surface area contributed by atoms with Crippen molar-refractivity contribution < 1.29 is 18.3 Å². The fourth-order valence-corrected chi connectivity index (χ4v) is 3.65. The van der Waals surface area contributed by atoms with Gasteiger partial charge in [0.05, 0.1) is 0 Å². The van der Waals surface area contributed by atoms with Gasteiger partial charge in [0.1, 0.15) is 0 Å². The first-order valence-corrected chi connectivity index (χ1v) is 7.55. The van der Waals surface area contributed by atoms with E-state index in [2.05, 4.69) is 4.72 Å². The SMILES string of the molecule is CC(C)(C)NS(=O)(=O)N1CCC(CC(=O)O)CC1. The van der Waals surface area contributed by atoms with Crippen molar-refractivity contribution >= 4 is 16.2 Å². The Morgan fingerprint density at radius 2 is 1.83 bits per heavy atom. The van der Waals surface area contributed by atoms with Crippen molar-refractivity contribution in [3.63, 3.8) is 0 Å². The Kier molecular flexibility index (Phi) is 4.74. The number of aliphatic carboxylic acids is 1. The predicted molar refractivity (Wildman–Crippen MR) is 68.4 cm³/mol. The number of carboxylic acids is 1. The second-order valence-electron chi connectivity index (χ2n) is 5.80. The molecular weight excluding hydrogens is 256 g/mol. The molecule has 0 saturated carbocycles. The van der Waals surface area contributed by atoms with Crippen LogP contribution in [0, 0.1) is 5.92 Å². The van der Waals surface area contributed by atoms with Gasteiger partial charge in [-0.2, -0.15) is 17.4 Å². The molecule has 0 aromatic rings. The first-order chi connectivity index (χ1) is 8.10. The van der Waals surface area contributed by atoms with Gasteiger partial charge in [0.2, 0.25) is 0 Å². The smallest absolute Gasteiger partial charge is 0.303 e. The van der Waals surface area contributed by atoms with Crippen molar-refractivity contribution in [1.82, 2.24) is 9.03 Å². The van der Waals surface area contributed by atoms with Crippen LogP contribution >= 0.6 is 0 Å². The van der Waals surface area contributed by atoms with Gasteiger partial charge in [-0.1, -0.05) is 0 Å². The van der Waals surface area contributed by atoms with E-state index < -0.39 is 21.7 Å². The zero-order valence-electron chi connectivity index (χ0n) is 11.1. The molecule has 0 aliphatic carbocycles. The van der Waals surface area contributed by atoms with Gasteiger partial charge in [-0.3, -0.25) is 4.79 Å². The van der Waals surface area contributed by atoms with Gasteiger partial charge >= 0.3 is 5.97 Å². The van der Waals surface area contributed by atoms with Crippen molar-refractivity contribution in [2.24, 2.45) is 5.92 Å². The Bertz CT molecular complexity index is 392. The first-order valence-electron chi connectivity index (χ1n) is 6.11. The van der Waals surface area contributed by atoms with E-state index in [1.54, 1.807) is 20.8 Å². The van der Waals surface area contributed by atoms with E-state index in [1.165, 1.54) is 4.31 Å². The van der Waals surface area contributed by atoms with Gasteiger partial charge in [0.15, 0.2) is 0 Å². The molecule has 1 aliphatic rings. The van der Waals surface area contributed by atoms with Crippen LogP contribution in [0.4, 0.5) is 0 Å². The van der Waals surface area contributed by atoms with E-state index in [1.807, 2.05) is 0 Å². The molecule has 1 aliphatic heterocycles.